The second-order valence-corrected chi connectivity index (χ2v) is 9.85. The van der Waals surface area contributed by atoms with Crippen molar-refractivity contribution in [1.82, 2.24) is 0 Å². The number of anilines is 2. The summed E-state index contributed by atoms with van der Waals surface area (Å²) in [5.41, 5.74) is 1.89. The average Bonchev–Trinajstić information content (AvgIpc) is 2.70. The Morgan fingerprint density at radius 2 is 1.69 bits per heavy atom. The van der Waals surface area contributed by atoms with Gasteiger partial charge in [-0.1, -0.05) is 29.8 Å². The molecule has 0 aliphatic rings. The second-order valence-electron chi connectivity index (χ2n) is 6.31. The van der Waals surface area contributed by atoms with Crippen LogP contribution < -0.4 is 9.62 Å². The van der Waals surface area contributed by atoms with Crippen LogP contribution in [0.1, 0.15) is 5.56 Å². The zero-order valence-electron chi connectivity index (χ0n) is 15.5. The highest BCUT2D eigenvalue weighted by molar-refractivity contribution is 14.1. The number of carbonyl (C=O) groups is 1. The molecule has 0 bridgehead atoms. The van der Waals surface area contributed by atoms with Crippen LogP contribution in [-0.2, 0) is 14.8 Å². The van der Waals surface area contributed by atoms with Crippen LogP contribution in [-0.4, -0.2) is 20.9 Å². The lowest BCUT2D eigenvalue weighted by atomic mass is 10.2. The van der Waals surface area contributed by atoms with Crippen LogP contribution in [0.15, 0.2) is 77.7 Å². The first-order chi connectivity index (χ1) is 13.8. The van der Waals surface area contributed by atoms with E-state index in [9.17, 15) is 13.2 Å². The lowest BCUT2D eigenvalue weighted by molar-refractivity contribution is -0.114. The van der Waals surface area contributed by atoms with E-state index in [1.807, 2.05) is 19.1 Å². The summed E-state index contributed by atoms with van der Waals surface area (Å²) in [5.74, 6) is -0.441. The Hall–Kier alpha value is -2.10. The highest BCUT2D eigenvalue weighted by Gasteiger charge is 2.27. The van der Waals surface area contributed by atoms with Gasteiger partial charge in [0, 0.05) is 14.3 Å². The third-order valence-corrected chi connectivity index (χ3v) is 6.91. The smallest absolute Gasteiger partial charge is 0.264 e. The van der Waals surface area contributed by atoms with Gasteiger partial charge in [-0.25, -0.2) is 8.42 Å². The molecule has 0 saturated heterocycles. The maximum atomic E-state index is 13.2. The van der Waals surface area contributed by atoms with Gasteiger partial charge < -0.3 is 5.32 Å². The van der Waals surface area contributed by atoms with Crippen molar-refractivity contribution in [3.05, 3.63) is 87.0 Å². The minimum absolute atomic E-state index is 0.105. The van der Waals surface area contributed by atoms with E-state index in [-0.39, 0.29) is 11.4 Å². The molecule has 3 aromatic carbocycles. The van der Waals surface area contributed by atoms with Crippen molar-refractivity contribution in [3.8, 4) is 0 Å². The van der Waals surface area contributed by atoms with Crippen LogP contribution in [0.2, 0.25) is 5.02 Å². The van der Waals surface area contributed by atoms with Crippen LogP contribution in [0.3, 0.4) is 0 Å². The summed E-state index contributed by atoms with van der Waals surface area (Å²) in [4.78, 5) is 12.8. The highest BCUT2D eigenvalue weighted by Crippen LogP contribution is 2.25. The summed E-state index contributed by atoms with van der Waals surface area (Å²) in [6.07, 6.45) is 0. The molecule has 3 aromatic rings. The quantitative estimate of drug-likeness (QED) is 0.443. The molecule has 0 aromatic heterocycles. The van der Waals surface area contributed by atoms with E-state index in [4.69, 9.17) is 11.6 Å². The van der Waals surface area contributed by atoms with Crippen molar-refractivity contribution in [1.29, 1.82) is 0 Å². The van der Waals surface area contributed by atoms with E-state index in [1.165, 1.54) is 12.1 Å². The lowest BCUT2D eigenvalue weighted by Gasteiger charge is -2.24. The fraction of sp³-hybridized carbons (Fsp3) is 0.0952. The largest absolute Gasteiger partial charge is 0.324 e. The molecule has 3 rings (SSSR count). The number of benzene rings is 3. The molecule has 5 nitrogen and oxygen atoms in total. The minimum Gasteiger partial charge on any atom is -0.324 e. The predicted molar refractivity (Wildman–Crippen MR) is 125 cm³/mol. The summed E-state index contributed by atoms with van der Waals surface area (Å²) >= 11 is 8.13. The highest BCUT2D eigenvalue weighted by atomic mass is 127. The second kappa shape index (κ2) is 9.15. The Balaban J connectivity index is 1.93. The summed E-state index contributed by atoms with van der Waals surface area (Å²) in [6, 6.07) is 20.0. The zero-order valence-corrected chi connectivity index (χ0v) is 19.2. The molecular weight excluding hydrogens is 523 g/mol. The van der Waals surface area contributed by atoms with E-state index in [0.29, 0.717) is 16.4 Å². The van der Waals surface area contributed by atoms with E-state index >= 15 is 0 Å². The van der Waals surface area contributed by atoms with Crippen molar-refractivity contribution in [2.24, 2.45) is 0 Å². The van der Waals surface area contributed by atoms with Gasteiger partial charge in [-0.2, -0.15) is 0 Å². The monoisotopic (exact) mass is 540 g/mol. The SMILES string of the molecule is Cc1cc(I)ccc1NC(=O)CN(c1ccc(Cl)cc1)S(=O)(=O)c1ccccc1. The van der Waals surface area contributed by atoms with Gasteiger partial charge in [0.15, 0.2) is 0 Å². The van der Waals surface area contributed by atoms with Gasteiger partial charge in [0.2, 0.25) is 5.91 Å². The van der Waals surface area contributed by atoms with Crippen molar-refractivity contribution >= 4 is 61.5 Å². The molecule has 0 fully saturated rings. The average molecular weight is 541 g/mol. The van der Waals surface area contributed by atoms with Gasteiger partial charge in [-0.15, -0.1) is 0 Å². The van der Waals surface area contributed by atoms with E-state index < -0.39 is 15.9 Å². The van der Waals surface area contributed by atoms with E-state index in [0.717, 1.165) is 13.4 Å². The Morgan fingerprint density at radius 3 is 2.31 bits per heavy atom. The van der Waals surface area contributed by atoms with Crippen LogP contribution in [0, 0.1) is 10.5 Å². The molecule has 0 aliphatic heterocycles. The first-order valence-electron chi connectivity index (χ1n) is 8.67. The Morgan fingerprint density at radius 1 is 1.03 bits per heavy atom. The Labute approximate surface area is 188 Å². The van der Waals surface area contributed by atoms with Gasteiger partial charge in [0.1, 0.15) is 6.54 Å². The molecule has 1 N–H and O–H groups in total. The van der Waals surface area contributed by atoms with Crippen molar-refractivity contribution in [3.63, 3.8) is 0 Å². The van der Waals surface area contributed by atoms with Crippen molar-refractivity contribution < 1.29 is 13.2 Å². The third-order valence-electron chi connectivity index (χ3n) is 4.20. The number of sulfonamides is 1. The molecule has 0 spiro atoms. The maximum absolute atomic E-state index is 13.2. The minimum atomic E-state index is -3.94. The number of nitrogens with zero attached hydrogens (tertiary/aromatic N) is 1. The van der Waals surface area contributed by atoms with Gasteiger partial charge in [0.25, 0.3) is 10.0 Å². The normalized spacial score (nSPS) is 11.1. The van der Waals surface area contributed by atoms with Crippen molar-refractivity contribution in [2.45, 2.75) is 11.8 Å². The fourth-order valence-corrected chi connectivity index (χ4v) is 4.94. The zero-order chi connectivity index (χ0) is 21.0. The van der Waals surface area contributed by atoms with Crippen molar-refractivity contribution in [2.75, 3.05) is 16.2 Å². The summed E-state index contributed by atoms with van der Waals surface area (Å²) in [5, 5.41) is 3.27. The molecular formula is C21H18ClIN2O3S. The number of aryl methyl sites for hydroxylation is 1. The standard InChI is InChI=1S/C21H18ClIN2O3S/c1-15-13-17(23)9-12-20(15)24-21(26)14-25(18-10-7-16(22)8-11-18)29(27,28)19-5-3-2-4-6-19/h2-13H,14H2,1H3,(H,24,26). The van der Waals surface area contributed by atoms with Crippen LogP contribution in [0.5, 0.6) is 0 Å². The summed E-state index contributed by atoms with van der Waals surface area (Å²) in [6.45, 7) is 1.51. The molecule has 0 heterocycles. The number of amides is 1. The lowest BCUT2D eigenvalue weighted by Crippen LogP contribution is -2.38. The Bertz CT molecular complexity index is 1120. The summed E-state index contributed by atoms with van der Waals surface area (Å²) in [7, 11) is -3.94. The number of rotatable bonds is 6. The van der Waals surface area contributed by atoms with Gasteiger partial charge >= 0.3 is 0 Å². The molecule has 1 amide bonds. The molecule has 0 saturated carbocycles. The predicted octanol–water partition coefficient (Wildman–Crippen LogP) is 5.09. The molecule has 0 unspecified atom stereocenters. The number of hydrogen-bond donors (Lipinski definition) is 1. The Kier molecular flexibility index (Phi) is 6.81. The first kappa shape index (κ1) is 21.6. The van der Waals surface area contributed by atoms with Crippen LogP contribution in [0.4, 0.5) is 11.4 Å². The third kappa shape index (κ3) is 5.29. The molecule has 150 valence electrons. The fourth-order valence-electron chi connectivity index (χ4n) is 2.73. The van der Waals surface area contributed by atoms with Gasteiger partial charge in [0.05, 0.1) is 10.6 Å². The number of hydrogen-bond acceptors (Lipinski definition) is 3. The van der Waals surface area contributed by atoms with Crippen LogP contribution in [0.25, 0.3) is 0 Å². The molecule has 29 heavy (non-hydrogen) atoms. The first-order valence-corrected chi connectivity index (χ1v) is 11.6. The van der Waals surface area contributed by atoms with E-state index in [1.54, 1.807) is 48.5 Å². The molecule has 0 aliphatic carbocycles. The topological polar surface area (TPSA) is 66.5 Å². The summed E-state index contributed by atoms with van der Waals surface area (Å²) < 4.78 is 28.6. The maximum Gasteiger partial charge on any atom is 0.264 e. The van der Waals surface area contributed by atoms with Gasteiger partial charge in [-0.05, 0) is 89.7 Å². The molecule has 0 radical (unpaired) electrons. The van der Waals surface area contributed by atoms with Crippen LogP contribution >= 0.6 is 34.2 Å². The van der Waals surface area contributed by atoms with Gasteiger partial charge in [-0.3, -0.25) is 9.10 Å². The number of halogens is 2. The number of carbonyl (C=O) groups excluding carboxylic acids is 1. The molecule has 0 atom stereocenters. The molecule has 8 heteroatoms. The number of nitrogens with one attached hydrogen (secondary N) is 1. The van der Waals surface area contributed by atoms with E-state index in [2.05, 4.69) is 27.9 Å².